The number of nitrogens with zero attached hydrogens (tertiary/aromatic N) is 4. The van der Waals surface area contributed by atoms with E-state index in [0.29, 0.717) is 17.1 Å². The number of nitrogens with one attached hydrogen (secondary N) is 2. The predicted molar refractivity (Wildman–Crippen MR) is 158 cm³/mol. The number of Topliss-reactive ketones (excluding diaryl/α,β-unsaturated/α-hetero) is 1. The van der Waals surface area contributed by atoms with Crippen molar-refractivity contribution < 1.29 is 14.1 Å². The molecule has 0 spiro atoms. The van der Waals surface area contributed by atoms with Crippen molar-refractivity contribution in [3.63, 3.8) is 0 Å². The number of benzene rings is 1. The number of hydrogen-bond donors (Lipinski definition) is 2. The number of carbonyl (C=O) groups is 2. The molecular formula is C32H38N6O3. The third-order valence-corrected chi connectivity index (χ3v) is 7.86. The van der Waals surface area contributed by atoms with Gasteiger partial charge in [-0.1, -0.05) is 30.8 Å². The average molecular weight is 555 g/mol. The fourth-order valence-corrected chi connectivity index (χ4v) is 5.72. The number of hydrogen-bond acceptors (Lipinski definition) is 7. The molecular weight excluding hydrogens is 516 g/mol. The number of aryl methyl sites for hydroxylation is 2. The summed E-state index contributed by atoms with van der Waals surface area (Å²) in [5.41, 5.74) is 4.58. The Kier molecular flexibility index (Phi) is 8.61. The normalized spacial score (nSPS) is 15.0. The van der Waals surface area contributed by atoms with Gasteiger partial charge in [-0.2, -0.15) is 5.10 Å². The van der Waals surface area contributed by atoms with Gasteiger partial charge in [-0.25, -0.2) is 4.98 Å². The maximum Gasteiger partial charge on any atom is 0.270 e. The van der Waals surface area contributed by atoms with E-state index >= 15 is 0 Å². The number of amides is 1. The molecule has 0 aliphatic heterocycles. The lowest BCUT2D eigenvalue weighted by molar-refractivity contribution is 0.0807. The van der Waals surface area contributed by atoms with Gasteiger partial charge in [0, 0.05) is 40.8 Å². The Morgan fingerprint density at radius 1 is 0.976 bits per heavy atom. The minimum atomic E-state index is -0.589. The second-order valence-electron chi connectivity index (χ2n) is 11.2. The van der Waals surface area contributed by atoms with E-state index in [1.165, 1.54) is 12.8 Å². The van der Waals surface area contributed by atoms with Gasteiger partial charge in [0.15, 0.2) is 5.78 Å². The van der Waals surface area contributed by atoms with Crippen molar-refractivity contribution in [1.82, 2.24) is 25.2 Å². The Balaban J connectivity index is 1.31. The highest BCUT2D eigenvalue weighted by atomic mass is 16.5. The predicted octanol–water partition coefficient (Wildman–Crippen LogP) is 6.83. The molecule has 0 saturated heterocycles. The second kappa shape index (κ2) is 12.5. The van der Waals surface area contributed by atoms with Crippen LogP contribution < -0.4 is 10.6 Å². The molecule has 1 saturated carbocycles. The molecule has 2 N–H and O–H groups in total. The molecule has 1 aliphatic carbocycles. The van der Waals surface area contributed by atoms with Crippen molar-refractivity contribution in [2.75, 3.05) is 5.32 Å². The summed E-state index contributed by atoms with van der Waals surface area (Å²) in [5.74, 6) is 1.22. The van der Waals surface area contributed by atoms with Gasteiger partial charge >= 0.3 is 0 Å². The average Bonchev–Trinajstić information content (AvgIpc) is 3.50. The van der Waals surface area contributed by atoms with E-state index in [9.17, 15) is 9.59 Å². The van der Waals surface area contributed by atoms with E-state index in [1.54, 1.807) is 23.1 Å². The SMILES string of the molecule is Cc1noc(C)c1-c1ccc(Nc2ccc(C(=O)[C@@H](NC(=O)c3ccnn3C(C)C)C3CCCCCC3)cc2)nc1. The fraction of sp³-hybridized carbons (Fsp3) is 0.406. The van der Waals surface area contributed by atoms with Gasteiger partial charge in [0.25, 0.3) is 5.91 Å². The first-order valence-corrected chi connectivity index (χ1v) is 14.5. The van der Waals surface area contributed by atoms with Gasteiger partial charge in [-0.05, 0) is 88.9 Å². The lowest BCUT2D eigenvalue weighted by Crippen LogP contribution is -2.46. The van der Waals surface area contributed by atoms with E-state index in [0.717, 1.165) is 54.0 Å². The van der Waals surface area contributed by atoms with Gasteiger partial charge in [0.1, 0.15) is 17.3 Å². The van der Waals surface area contributed by atoms with E-state index in [-0.39, 0.29) is 23.7 Å². The summed E-state index contributed by atoms with van der Waals surface area (Å²) in [7, 11) is 0. The zero-order valence-electron chi connectivity index (χ0n) is 24.2. The molecule has 5 rings (SSSR count). The molecule has 0 unspecified atom stereocenters. The number of rotatable bonds is 9. The first-order valence-electron chi connectivity index (χ1n) is 14.5. The van der Waals surface area contributed by atoms with Gasteiger partial charge in [-0.3, -0.25) is 14.3 Å². The second-order valence-corrected chi connectivity index (χ2v) is 11.2. The third kappa shape index (κ3) is 6.39. The summed E-state index contributed by atoms with van der Waals surface area (Å²) in [6.45, 7) is 7.76. The number of aromatic nitrogens is 4. The summed E-state index contributed by atoms with van der Waals surface area (Å²) in [4.78, 5) is 31.8. The quantitative estimate of drug-likeness (QED) is 0.172. The molecule has 4 aromatic rings. The van der Waals surface area contributed by atoms with Crippen LogP contribution in [0.25, 0.3) is 11.1 Å². The van der Waals surface area contributed by atoms with Crippen LogP contribution in [0.15, 0.2) is 59.4 Å². The fourth-order valence-electron chi connectivity index (χ4n) is 5.72. The van der Waals surface area contributed by atoms with Crippen LogP contribution in [-0.2, 0) is 0 Å². The smallest absolute Gasteiger partial charge is 0.270 e. The Hall–Kier alpha value is -4.27. The van der Waals surface area contributed by atoms with E-state index < -0.39 is 6.04 Å². The molecule has 1 aromatic carbocycles. The number of pyridine rings is 1. The van der Waals surface area contributed by atoms with Crippen LogP contribution in [-0.4, -0.2) is 37.7 Å². The Morgan fingerprint density at radius 2 is 1.71 bits per heavy atom. The molecule has 3 aromatic heterocycles. The van der Waals surface area contributed by atoms with Gasteiger partial charge in [0.05, 0.1) is 11.7 Å². The summed E-state index contributed by atoms with van der Waals surface area (Å²) in [6.07, 6.45) is 9.74. The Morgan fingerprint density at radius 3 is 2.32 bits per heavy atom. The zero-order valence-corrected chi connectivity index (χ0v) is 24.2. The van der Waals surface area contributed by atoms with Gasteiger partial charge < -0.3 is 15.2 Å². The first-order chi connectivity index (χ1) is 19.8. The van der Waals surface area contributed by atoms with Crippen molar-refractivity contribution >= 4 is 23.2 Å². The highest BCUT2D eigenvalue weighted by Gasteiger charge is 2.32. The summed E-state index contributed by atoms with van der Waals surface area (Å²) < 4.78 is 6.97. The van der Waals surface area contributed by atoms with Crippen molar-refractivity contribution in [3.05, 3.63) is 77.6 Å². The molecule has 1 fully saturated rings. The molecule has 214 valence electrons. The number of anilines is 2. The Bertz CT molecular complexity index is 1460. The molecule has 41 heavy (non-hydrogen) atoms. The maximum atomic E-state index is 13.9. The van der Waals surface area contributed by atoms with Crippen molar-refractivity contribution in [3.8, 4) is 11.1 Å². The number of carbonyl (C=O) groups excluding carboxylic acids is 2. The molecule has 1 aliphatic rings. The minimum absolute atomic E-state index is 0.0411. The molecule has 1 amide bonds. The van der Waals surface area contributed by atoms with Crippen molar-refractivity contribution in [2.45, 2.75) is 78.3 Å². The van der Waals surface area contributed by atoms with Crippen LogP contribution in [0.1, 0.15) is 90.7 Å². The molecule has 0 radical (unpaired) electrons. The largest absolute Gasteiger partial charge is 0.361 e. The molecule has 9 nitrogen and oxygen atoms in total. The van der Waals surface area contributed by atoms with E-state index in [2.05, 4.69) is 25.9 Å². The maximum absolute atomic E-state index is 13.9. The van der Waals surface area contributed by atoms with Crippen LogP contribution in [0.4, 0.5) is 11.5 Å². The number of ketones is 1. The van der Waals surface area contributed by atoms with Crippen LogP contribution in [0.3, 0.4) is 0 Å². The van der Waals surface area contributed by atoms with E-state index in [1.807, 2.05) is 64.1 Å². The first kappa shape index (κ1) is 28.3. The molecule has 3 heterocycles. The topological polar surface area (TPSA) is 115 Å². The molecule has 0 bridgehead atoms. The third-order valence-electron chi connectivity index (χ3n) is 7.86. The standard InChI is InChI=1S/C32H38N6O3/c1-20(2)38-27(17-18-34-38)32(40)36-30(23-9-7-5-6-8-10-23)31(39)24-11-14-26(15-12-24)35-28-16-13-25(19-33-28)29-21(3)37-41-22(29)4/h11-20,23,30H,5-10H2,1-4H3,(H,33,35)(H,36,40)/t30-/m0/s1. The highest BCUT2D eigenvalue weighted by Crippen LogP contribution is 2.29. The summed E-state index contributed by atoms with van der Waals surface area (Å²) >= 11 is 0. The van der Waals surface area contributed by atoms with Crippen LogP contribution in [0, 0.1) is 19.8 Å². The van der Waals surface area contributed by atoms with Crippen LogP contribution in [0.5, 0.6) is 0 Å². The zero-order chi connectivity index (χ0) is 28.9. The van der Waals surface area contributed by atoms with E-state index in [4.69, 9.17) is 4.52 Å². The summed E-state index contributed by atoms with van der Waals surface area (Å²) in [5, 5.41) is 14.7. The van der Waals surface area contributed by atoms with Gasteiger partial charge in [-0.15, -0.1) is 0 Å². The van der Waals surface area contributed by atoms with Crippen molar-refractivity contribution in [1.29, 1.82) is 0 Å². The van der Waals surface area contributed by atoms with Gasteiger partial charge in [0.2, 0.25) is 0 Å². The monoisotopic (exact) mass is 554 g/mol. The van der Waals surface area contributed by atoms with Crippen LogP contribution >= 0.6 is 0 Å². The lowest BCUT2D eigenvalue weighted by atomic mass is 9.86. The molecule has 9 heteroatoms. The minimum Gasteiger partial charge on any atom is -0.361 e. The Labute approximate surface area is 240 Å². The highest BCUT2D eigenvalue weighted by molar-refractivity contribution is 6.04. The van der Waals surface area contributed by atoms with Crippen molar-refractivity contribution in [2.24, 2.45) is 5.92 Å². The lowest BCUT2D eigenvalue weighted by Gasteiger charge is -2.26. The van der Waals surface area contributed by atoms with Crippen LogP contribution in [0.2, 0.25) is 0 Å². The summed E-state index contributed by atoms with van der Waals surface area (Å²) in [6, 6.07) is 12.4. The molecule has 1 atom stereocenters.